The van der Waals surface area contributed by atoms with E-state index < -0.39 is 0 Å². The van der Waals surface area contributed by atoms with E-state index in [0.29, 0.717) is 25.7 Å². The number of fused-ring (bicyclic) bond motifs is 2. The predicted molar refractivity (Wildman–Crippen MR) is 117 cm³/mol. The second kappa shape index (κ2) is 9.87. The molecule has 0 saturated heterocycles. The second-order valence-electron chi connectivity index (χ2n) is 7.09. The van der Waals surface area contributed by atoms with Crippen LogP contribution in [0.1, 0.15) is 35.1 Å². The van der Waals surface area contributed by atoms with E-state index in [9.17, 15) is 14.7 Å². The van der Waals surface area contributed by atoms with Crippen LogP contribution in [-0.2, 0) is 40.0 Å². The number of aromatic hydroxyl groups is 1. The van der Waals surface area contributed by atoms with Crippen LogP contribution in [-0.4, -0.2) is 30.6 Å². The van der Waals surface area contributed by atoms with Gasteiger partial charge < -0.3 is 14.6 Å². The number of methoxy groups -OCH3 is 1. The molecule has 2 aromatic carbocycles. The molecule has 0 aliphatic heterocycles. The monoisotopic (exact) mass is 524 g/mol. The number of phenols is 1. The number of hydrogen-bond donors (Lipinski definition) is 1. The van der Waals surface area contributed by atoms with Crippen molar-refractivity contribution in [2.24, 2.45) is 0 Å². The smallest absolute Gasteiger partial charge is 0.188 e. The van der Waals surface area contributed by atoms with E-state index in [0.717, 1.165) is 44.2 Å². The lowest BCUT2D eigenvalue weighted by Gasteiger charge is -2.19. The molecular formula is C22H22Br2O5. The molecule has 5 nitrogen and oxygen atoms in total. The molecule has 0 heterocycles. The summed E-state index contributed by atoms with van der Waals surface area (Å²) in [6.45, 7) is 0.205. The Balaban J connectivity index is 0.000000169. The number of benzene rings is 2. The highest BCUT2D eigenvalue weighted by Gasteiger charge is 2.20. The van der Waals surface area contributed by atoms with Crippen LogP contribution >= 0.6 is 31.9 Å². The van der Waals surface area contributed by atoms with Gasteiger partial charge in [0.1, 0.15) is 23.1 Å². The first kappa shape index (κ1) is 22.0. The SMILES string of the molecule is COCOc1cc(Br)cc2c1CC(=O)CC2.O=C1CCc2cc(Br)cc(O)c2C1. The van der Waals surface area contributed by atoms with Gasteiger partial charge in [-0.05, 0) is 48.2 Å². The molecular weight excluding hydrogens is 504 g/mol. The van der Waals surface area contributed by atoms with Gasteiger partial charge in [-0.1, -0.05) is 31.9 Å². The van der Waals surface area contributed by atoms with E-state index in [1.165, 1.54) is 5.56 Å². The molecule has 0 fully saturated rings. The van der Waals surface area contributed by atoms with E-state index in [-0.39, 0.29) is 24.1 Å². The lowest BCUT2D eigenvalue weighted by Crippen LogP contribution is -2.15. The van der Waals surface area contributed by atoms with Crippen molar-refractivity contribution in [3.63, 3.8) is 0 Å². The number of hydrogen-bond acceptors (Lipinski definition) is 5. The highest BCUT2D eigenvalue weighted by molar-refractivity contribution is 9.10. The number of aryl methyl sites for hydroxylation is 2. The Morgan fingerprint density at radius 3 is 2.03 bits per heavy atom. The molecule has 29 heavy (non-hydrogen) atoms. The summed E-state index contributed by atoms with van der Waals surface area (Å²) in [6, 6.07) is 7.55. The number of carbonyl (C=O) groups excluding carboxylic acids is 2. The van der Waals surface area contributed by atoms with Gasteiger partial charge in [0.05, 0.1) is 0 Å². The lowest BCUT2D eigenvalue weighted by atomic mass is 9.90. The number of ketones is 2. The Bertz CT molecular complexity index is 939. The summed E-state index contributed by atoms with van der Waals surface area (Å²) in [5.74, 6) is 1.47. The zero-order valence-corrected chi connectivity index (χ0v) is 19.3. The third-order valence-electron chi connectivity index (χ3n) is 4.98. The third-order valence-corrected chi connectivity index (χ3v) is 5.89. The molecule has 2 aromatic rings. The lowest BCUT2D eigenvalue weighted by molar-refractivity contribution is -0.119. The largest absolute Gasteiger partial charge is 0.508 e. The first-order valence-corrected chi connectivity index (χ1v) is 10.9. The Morgan fingerprint density at radius 2 is 1.41 bits per heavy atom. The van der Waals surface area contributed by atoms with Crippen LogP contribution in [0, 0.1) is 0 Å². The standard InChI is InChI=1S/C12H13BrO3.C10H9BrO2/c1-15-7-16-12-5-9(13)4-8-2-3-10(14)6-11(8)12;11-7-3-6-1-2-8(12)5-9(6)10(13)4-7/h4-5H,2-3,6-7H2,1H3;3-4,13H,1-2,5H2. The topological polar surface area (TPSA) is 72.8 Å². The minimum atomic E-state index is 0.205. The fourth-order valence-electron chi connectivity index (χ4n) is 3.56. The van der Waals surface area contributed by atoms with Gasteiger partial charge in [0.25, 0.3) is 0 Å². The normalized spacial score (nSPS) is 15.1. The first-order chi connectivity index (χ1) is 13.9. The molecule has 0 aromatic heterocycles. The molecule has 4 rings (SSSR count). The zero-order chi connectivity index (χ0) is 21.0. The highest BCUT2D eigenvalue weighted by atomic mass is 79.9. The summed E-state index contributed by atoms with van der Waals surface area (Å²) >= 11 is 6.75. The summed E-state index contributed by atoms with van der Waals surface area (Å²) < 4.78 is 12.2. The Morgan fingerprint density at radius 1 is 0.862 bits per heavy atom. The molecule has 0 amide bonds. The van der Waals surface area contributed by atoms with Crippen molar-refractivity contribution in [2.75, 3.05) is 13.9 Å². The van der Waals surface area contributed by atoms with Crippen LogP contribution in [0.4, 0.5) is 0 Å². The molecule has 7 heteroatoms. The van der Waals surface area contributed by atoms with Gasteiger partial charge in [0.15, 0.2) is 6.79 Å². The first-order valence-electron chi connectivity index (χ1n) is 9.34. The summed E-state index contributed by atoms with van der Waals surface area (Å²) in [6.07, 6.45) is 3.64. The maximum Gasteiger partial charge on any atom is 0.188 e. The average Bonchev–Trinajstić information content (AvgIpc) is 2.67. The van der Waals surface area contributed by atoms with E-state index in [1.807, 2.05) is 12.1 Å². The molecule has 0 unspecified atom stereocenters. The quantitative estimate of drug-likeness (QED) is 0.588. The van der Waals surface area contributed by atoms with Gasteiger partial charge in [-0.25, -0.2) is 0 Å². The fourth-order valence-corrected chi connectivity index (χ4v) is 4.54. The minimum absolute atomic E-state index is 0.205. The Kier molecular flexibility index (Phi) is 7.49. The van der Waals surface area contributed by atoms with Crippen LogP contribution in [0.25, 0.3) is 0 Å². The number of carbonyl (C=O) groups is 2. The summed E-state index contributed by atoms with van der Waals surface area (Å²) in [5.41, 5.74) is 4.10. The maximum absolute atomic E-state index is 11.4. The van der Waals surface area contributed by atoms with Crippen LogP contribution in [0.2, 0.25) is 0 Å². The summed E-state index contributed by atoms with van der Waals surface area (Å²) in [4.78, 5) is 22.6. The predicted octanol–water partition coefficient (Wildman–Crippen LogP) is 4.70. The van der Waals surface area contributed by atoms with Gasteiger partial charge >= 0.3 is 0 Å². The van der Waals surface area contributed by atoms with Gasteiger partial charge in [-0.15, -0.1) is 0 Å². The fraction of sp³-hybridized carbons (Fsp3) is 0.364. The van der Waals surface area contributed by atoms with Gasteiger partial charge in [-0.2, -0.15) is 0 Å². The van der Waals surface area contributed by atoms with E-state index >= 15 is 0 Å². The molecule has 2 aliphatic rings. The van der Waals surface area contributed by atoms with Crippen molar-refractivity contribution < 1.29 is 24.2 Å². The summed E-state index contributed by atoms with van der Waals surface area (Å²) in [7, 11) is 1.58. The van der Waals surface area contributed by atoms with Crippen molar-refractivity contribution in [1.82, 2.24) is 0 Å². The number of halogens is 2. The molecule has 1 N–H and O–H groups in total. The van der Waals surface area contributed by atoms with Crippen LogP contribution in [0.5, 0.6) is 11.5 Å². The van der Waals surface area contributed by atoms with Gasteiger partial charge in [-0.3, -0.25) is 9.59 Å². The molecule has 0 atom stereocenters. The van der Waals surface area contributed by atoms with Crippen molar-refractivity contribution >= 4 is 43.4 Å². The van der Waals surface area contributed by atoms with Crippen molar-refractivity contribution in [1.29, 1.82) is 0 Å². The highest BCUT2D eigenvalue weighted by Crippen LogP contribution is 2.32. The molecule has 0 bridgehead atoms. The number of rotatable bonds is 3. The Labute approximate surface area is 186 Å². The zero-order valence-electron chi connectivity index (χ0n) is 16.1. The van der Waals surface area contributed by atoms with Crippen molar-refractivity contribution in [2.45, 2.75) is 38.5 Å². The number of phenolic OH excluding ortho intramolecular Hbond substituents is 1. The number of ether oxygens (including phenoxy) is 2. The molecule has 0 spiro atoms. The Hall–Kier alpha value is -1.70. The molecule has 154 valence electrons. The van der Waals surface area contributed by atoms with Crippen molar-refractivity contribution in [3.05, 3.63) is 55.5 Å². The summed E-state index contributed by atoms with van der Waals surface area (Å²) in [5, 5.41) is 9.57. The molecule has 0 radical (unpaired) electrons. The average molecular weight is 526 g/mol. The molecule has 0 saturated carbocycles. The van der Waals surface area contributed by atoms with Gasteiger partial charge in [0, 0.05) is 52.9 Å². The van der Waals surface area contributed by atoms with Crippen LogP contribution < -0.4 is 4.74 Å². The molecule has 2 aliphatic carbocycles. The van der Waals surface area contributed by atoms with Crippen LogP contribution in [0.15, 0.2) is 33.2 Å². The maximum atomic E-state index is 11.4. The minimum Gasteiger partial charge on any atom is -0.508 e. The second-order valence-corrected chi connectivity index (χ2v) is 8.92. The van der Waals surface area contributed by atoms with Crippen LogP contribution in [0.3, 0.4) is 0 Å². The third kappa shape index (κ3) is 5.68. The van der Waals surface area contributed by atoms with E-state index in [1.54, 1.807) is 13.2 Å². The number of Topliss-reactive ketones (excluding diaryl/α,β-unsaturated/α-hetero) is 2. The van der Waals surface area contributed by atoms with E-state index in [2.05, 4.69) is 37.9 Å². The van der Waals surface area contributed by atoms with E-state index in [4.69, 9.17) is 9.47 Å². The van der Waals surface area contributed by atoms with Gasteiger partial charge in [0.2, 0.25) is 0 Å². The van der Waals surface area contributed by atoms with Crippen molar-refractivity contribution in [3.8, 4) is 11.5 Å².